The van der Waals surface area contributed by atoms with Gasteiger partial charge in [0.1, 0.15) is 11.5 Å². The molecule has 0 bridgehead atoms. The smallest absolute Gasteiger partial charge is 0.340 e. The van der Waals surface area contributed by atoms with E-state index in [4.69, 9.17) is 9.47 Å². The van der Waals surface area contributed by atoms with E-state index in [1.54, 1.807) is 0 Å². The molecule has 1 saturated carbocycles. The summed E-state index contributed by atoms with van der Waals surface area (Å²) in [6.45, 7) is 0.938. The average Bonchev–Trinajstić information content (AvgIpc) is 3.33. The minimum absolute atomic E-state index is 0.295. The molecular weight excluding hydrogens is 508 g/mol. The summed E-state index contributed by atoms with van der Waals surface area (Å²) < 4.78 is 13.2. The Morgan fingerprint density at radius 2 is 1.63 bits per heavy atom. The average molecular weight is 543 g/mol. The maximum Gasteiger partial charge on any atom is 0.340 e. The summed E-state index contributed by atoms with van der Waals surface area (Å²) >= 11 is 0. The molecule has 0 aromatic heterocycles. The van der Waals surface area contributed by atoms with Crippen LogP contribution in [0.25, 0.3) is 0 Å². The molecule has 1 atom stereocenters. The van der Waals surface area contributed by atoms with E-state index in [2.05, 4.69) is 77.5 Å². The summed E-state index contributed by atoms with van der Waals surface area (Å²) in [6.07, 6.45) is 8.50. The summed E-state index contributed by atoms with van der Waals surface area (Å²) in [7, 11) is 2.19. The van der Waals surface area contributed by atoms with Crippen molar-refractivity contribution in [2.75, 3.05) is 23.4 Å². The van der Waals surface area contributed by atoms with Crippen LogP contribution in [0.4, 0.5) is 17.1 Å². The predicted octanol–water partition coefficient (Wildman–Crippen LogP) is 8.11. The van der Waals surface area contributed by atoms with Crippen LogP contribution in [0.3, 0.4) is 0 Å². The molecule has 0 N–H and O–H groups in total. The number of hydrogen-bond acceptors (Lipinski definition) is 5. The summed E-state index contributed by atoms with van der Waals surface area (Å²) in [5.74, 6) is 1.18. The van der Waals surface area contributed by atoms with Gasteiger partial charge in [0.25, 0.3) is 0 Å². The van der Waals surface area contributed by atoms with E-state index in [1.807, 2.05) is 24.3 Å². The van der Waals surface area contributed by atoms with Crippen LogP contribution < -0.4 is 14.5 Å². The molecule has 0 radical (unpaired) electrons. The zero-order valence-electron chi connectivity index (χ0n) is 23.4. The highest BCUT2D eigenvalue weighted by Crippen LogP contribution is 2.57. The number of esters is 1. The van der Waals surface area contributed by atoms with Crippen LogP contribution >= 0.6 is 0 Å². The second kappa shape index (κ2) is 9.41. The molecule has 1 unspecified atom stereocenters. The van der Waals surface area contributed by atoms with E-state index in [-0.39, 0.29) is 5.97 Å². The number of fused-ring (bicyclic) bond motifs is 7. The fourth-order valence-electron chi connectivity index (χ4n) is 7.52. The Morgan fingerprint density at radius 1 is 0.805 bits per heavy atom. The molecule has 4 aromatic rings. The minimum atomic E-state index is -1.07. The normalized spacial score (nSPS) is 20.9. The van der Waals surface area contributed by atoms with Gasteiger partial charge in [-0.2, -0.15) is 0 Å². The summed E-state index contributed by atoms with van der Waals surface area (Å²) in [6, 6.07) is 29.8. The van der Waals surface area contributed by atoms with Crippen LogP contribution in [0.1, 0.15) is 71.1 Å². The number of para-hydroxylation sites is 1. The van der Waals surface area contributed by atoms with E-state index in [9.17, 15) is 4.79 Å². The van der Waals surface area contributed by atoms with Gasteiger partial charge in [0.15, 0.2) is 5.60 Å². The number of benzene rings is 4. The lowest BCUT2D eigenvalue weighted by Gasteiger charge is -2.39. The molecule has 41 heavy (non-hydrogen) atoms. The number of anilines is 3. The molecular formula is C36H34N2O3. The lowest BCUT2D eigenvalue weighted by atomic mass is 9.77. The van der Waals surface area contributed by atoms with E-state index < -0.39 is 5.60 Å². The highest BCUT2D eigenvalue weighted by Gasteiger charge is 2.53. The van der Waals surface area contributed by atoms with Gasteiger partial charge in [0, 0.05) is 59.5 Å². The summed E-state index contributed by atoms with van der Waals surface area (Å²) in [5, 5.41) is 0. The van der Waals surface area contributed by atoms with Crippen LogP contribution in [0.5, 0.6) is 11.5 Å². The maximum absolute atomic E-state index is 13.4. The number of nitrogens with zero attached hydrogens (tertiary/aromatic N) is 2. The lowest BCUT2D eigenvalue weighted by Crippen LogP contribution is -2.35. The quantitative estimate of drug-likeness (QED) is 0.245. The number of carbonyl (C=O) groups is 1. The van der Waals surface area contributed by atoms with Gasteiger partial charge in [-0.25, -0.2) is 4.79 Å². The van der Waals surface area contributed by atoms with Gasteiger partial charge < -0.3 is 19.3 Å². The Morgan fingerprint density at radius 3 is 2.54 bits per heavy atom. The van der Waals surface area contributed by atoms with Crippen molar-refractivity contribution in [2.45, 2.75) is 56.6 Å². The molecule has 206 valence electrons. The highest BCUT2D eigenvalue weighted by atomic mass is 16.6. The van der Waals surface area contributed by atoms with E-state index >= 15 is 0 Å². The first-order valence-electron chi connectivity index (χ1n) is 15.0. The monoisotopic (exact) mass is 542 g/mol. The zero-order valence-corrected chi connectivity index (χ0v) is 23.4. The van der Waals surface area contributed by atoms with Gasteiger partial charge in [-0.1, -0.05) is 55.7 Å². The van der Waals surface area contributed by atoms with Gasteiger partial charge in [-0.05, 0) is 73.7 Å². The van der Waals surface area contributed by atoms with Crippen molar-refractivity contribution in [3.63, 3.8) is 0 Å². The van der Waals surface area contributed by atoms with Gasteiger partial charge in [-0.3, -0.25) is 0 Å². The molecule has 5 heteroatoms. The topological polar surface area (TPSA) is 42.0 Å². The van der Waals surface area contributed by atoms with Crippen LogP contribution in [0, 0.1) is 0 Å². The molecule has 3 aliphatic heterocycles. The van der Waals surface area contributed by atoms with Gasteiger partial charge in [-0.15, -0.1) is 0 Å². The number of carbonyl (C=O) groups excluding carboxylic acids is 1. The first-order chi connectivity index (χ1) is 20.1. The molecule has 4 aromatic carbocycles. The Kier molecular flexibility index (Phi) is 5.63. The summed E-state index contributed by atoms with van der Waals surface area (Å²) in [5.41, 5.74) is 6.99. The fourth-order valence-corrected chi connectivity index (χ4v) is 7.52. The molecule has 1 spiro atoms. The summed E-state index contributed by atoms with van der Waals surface area (Å²) in [4.78, 5) is 18.2. The van der Waals surface area contributed by atoms with Crippen molar-refractivity contribution in [2.24, 2.45) is 0 Å². The second-order valence-corrected chi connectivity index (χ2v) is 11.9. The predicted molar refractivity (Wildman–Crippen MR) is 162 cm³/mol. The third-order valence-electron chi connectivity index (χ3n) is 9.63. The van der Waals surface area contributed by atoms with Crippen molar-refractivity contribution in [3.05, 3.63) is 113 Å². The van der Waals surface area contributed by atoms with Crippen LogP contribution in [-0.4, -0.2) is 25.6 Å². The number of hydrogen-bond donors (Lipinski definition) is 0. The van der Waals surface area contributed by atoms with E-state index in [0.29, 0.717) is 11.6 Å². The zero-order chi connectivity index (χ0) is 27.6. The van der Waals surface area contributed by atoms with Crippen molar-refractivity contribution < 1.29 is 14.3 Å². The largest absolute Gasteiger partial charge is 0.456 e. The number of ether oxygens (including phenoxy) is 2. The Labute approximate surface area is 241 Å². The molecule has 8 rings (SSSR count). The first-order valence-corrected chi connectivity index (χ1v) is 15.0. The Hall–Kier alpha value is -4.25. The van der Waals surface area contributed by atoms with E-state index in [0.717, 1.165) is 59.0 Å². The molecule has 0 saturated heterocycles. The van der Waals surface area contributed by atoms with Crippen LogP contribution in [0.15, 0.2) is 84.9 Å². The lowest BCUT2D eigenvalue weighted by molar-refractivity contribution is 0.0224. The Bertz CT molecular complexity index is 1670. The molecule has 0 amide bonds. The highest BCUT2D eigenvalue weighted by molar-refractivity contribution is 5.97. The van der Waals surface area contributed by atoms with Gasteiger partial charge in [0.05, 0.1) is 5.56 Å². The van der Waals surface area contributed by atoms with Crippen LogP contribution in [0.2, 0.25) is 0 Å². The van der Waals surface area contributed by atoms with E-state index in [1.165, 1.54) is 43.4 Å². The fraction of sp³-hybridized carbons (Fsp3) is 0.306. The van der Waals surface area contributed by atoms with Crippen molar-refractivity contribution >= 4 is 23.0 Å². The number of aryl methyl sites for hydroxylation is 1. The SMILES string of the molecule is CN(c1ccc2c(c1)Oc1ccc(N3CCCc4ccccc43)cc1C21OC(=O)c2ccccc21)C1CCCCC1. The van der Waals surface area contributed by atoms with Crippen molar-refractivity contribution in [3.8, 4) is 11.5 Å². The molecule has 1 fully saturated rings. The molecule has 1 aliphatic carbocycles. The minimum Gasteiger partial charge on any atom is -0.456 e. The first kappa shape index (κ1) is 24.5. The van der Waals surface area contributed by atoms with Crippen molar-refractivity contribution in [1.82, 2.24) is 0 Å². The standard InChI is InChI=1S/C36H34N2O3/c1-37(25-12-3-2-4-13-25)26-17-19-30-34(23-26)40-33-20-18-27(38-21-9-11-24-10-5-8-16-32(24)38)22-31(33)36(30)29-15-7-6-14-28(29)35(39)41-36/h5-8,10,14-20,22-23,25H,2-4,9,11-13,21H2,1H3. The van der Waals surface area contributed by atoms with Gasteiger partial charge in [0.2, 0.25) is 0 Å². The maximum atomic E-state index is 13.4. The second-order valence-electron chi connectivity index (χ2n) is 11.9. The molecule has 5 nitrogen and oxygen atoms in total. The van der Waals surface area contributed by atoms with Crippen LogP contribution in [-0.2, 0) is 16.8 Å². The third-order valence-corrected chi connectivity index (χ3v) is 9.63. The molecule has 4 aliphatic rings. The van der Waals surface area contributed by atoms with Gasteiger partial charge >= 0.3 is 5.97 Å². The third kappa shape index (κ3) is 3.71. The number of rotatable bonds is 3. The Balaban J connectivity index is 1.29. The van der Waals surface area contributed by atoms with Crippen molar-refractivity contribution in [1.29, 1.82) is 0 Å². The molecule has 3 heterocycles.